The summed E-state index contributed by atoms with van der Waals surface area (Å²) in [6, 6.07) is 3.88. The maximum Gasteiger partial charge on any atom is 0.117 e. The van der Waals surface area contributed by atoms with Gasteiger partial charge in [-0.1, -0.05) is 0 Å². The first-order valence-electron chi connectivity index (χ1n) is 5.70. The van der Waals surface area contributed by atoms with Crippen LogP contribution in [0.15, 0.2) is 16.5 Å². The molecule has 0 amide bonds. The van der Waals surface area contributed by atoms with Crippen LogP contribution >= 0.6 is 0 Å². The minimum Gasteiger partial charge on any atom is -0.465 e. The molecule has 4 heteroatoms. The van der Waals surface area contributed by atoms with E-state index in [1.807, 2.05) is 26.0 Å². The van der Waals surface area contributed by atoms with Crippen molar-refractivity contribution in [2.24, 2.45) is 0 Å². The third kappa shape index (κ3) is 2.45. The lowest BCUT2D eigenvalue weighted by molar-refractivity contribution is -0.0264. The fourth-order valence-corrected chi connectivity index (χ4v) is 1.99. The van der Waals surface area contributed by atoms with Gasteiger partial charge in [-0.05, 0) is 26.0 Å². The topological polar surface area (TPSA) is 54.6 Å². The lowest BCUT2D eigenvalue weighted by Gasteiger charge is -2.26. The van der Waals surface area contributed by atoms with Crippen LogP contribution < -0.4 is 5.32 Å². The Balaban J connectivity index is 1.79. The van der Waals surface area contributed by atoms with Crippen LogP contribution in [0, 0.1) is 6.92 Å². The van der Waals surface area contributed by atoms with Crippen LogP contribution in [-0.4, -0.2) is 30.0 Å². The second-order valence-corrected chi connectivity index (χ2v) is 4.48. The summed E-state index contributed by atoms with van der Waals surface area (Å²) in [5, 5.41) is 13.4. The molecule has 0 spiro atoms. The molecule has 1 aromatic rings. The minimum atomic E-state index is -0.734. The van der Waals surface area contributed by atoms with Crippen LogP contribution in [0.25, 0.3) is 0 Å². The summed E-state index contributed by atoms with van der Waals surface area (Å²) in [5.41, 5.74) is -0.734. The van der Waals surface area contributed by atoms with Gasteiger partial charge in [-0.15, -0.1) is 0 Å². The zero-order valence-electron chi connectivity index (χ0n) is 9.82. The van der Waals surface area contributed by atoms with E-state index in [-0.39, 0.29) is 6.10 Å². The Morgan fingerprint density at radius 1 is 1.56 bits per heavy atom. The molecule has 2 heterocycles. The predicted octanol–water partition coefficient (Wildman–Crippen LogP) is 1.22. The molecule has 1 aliphatic heterocycles. The largest absolute Gasteiger partial charge is 0.465 e. The van der Waals surface area contributed by atoms with Gasteiger partial charge in [0.05, 0.1) is 12.6 Å². The molecule has 1 saturated heterocycles. The van der Waals surface area contributed by atoms with Crippen LogP contribution in [0.4, 0.5) is 0 Å². The molecule has 0 aromatic carbocycles. The van der Waals surface area contributed by atoms with E-state index < -0.39 is 5.60 Å². The fraction of sp³-hybridized carbons (Fsp3) is 0.667. The number of nitrogens with one attached hydrogen (secondary N) is 1. The molecule has 2 unspecified atom stereocenters. The first-order valence-corrected chi connectivity index (χ1v) is 5.70. The van der Waals surface area contributed by atoms with Gasteiger partial charge in [-0.3, -0.25) is 0 Å². The van der Waals surface area contributed by atoms with E-state index in [1.165, 1.54) is 0 Å². The zero-order valence-corrected chi connectivity index (χ0v) is 9.82. The maximum atomic E-state index is 10.2. The molecule has 1 aliphatic rings. The second kappa shape index (κ2) is 4.57. The van der Waals surface area contributed by atoms with Crippen LogP contribution in [0.3, 0.4) is 0 Å². The molecular weight excluding hydrogens is 206 g/mol. The van der Waals surface area contributed by atoms with Crippen LogP contribution in [-0.2, 0) is 11.3 Å². The summed E-state index contributed by atoms with van der Waals surface area (Å²) >= 11 is 0. The lowest BCUT2D eigenvalue weighted by Crippen LogP contribution is -2.45. The molecule has 16 heavy (non-hydrogen) atoms. The van der Waals surface area contributed by atoms with E-state index in [0.29, 0.717) is 26.1 Å². The molecule has 0 radical (unpaired) electrons. The van der Waals surface area contributed by atoms with E-state index in [0.717, 1.165) is 11.5 Å². The first kappa shape index (κ1) is 11.6. The first-order chi connectivity index (χ1) is 7.60. The Kier molecular flexibility index (Phi) is 3.33. The average molecular weight is 225 g/mol. The molecule has 0 saturated carbocycles. The summed E-state index contributed by atoms with van der Waals surface area (Å²) in [4.78, 5) is 0. The van der Waals surface area contributed by atoms with Crippen molar-refractivity contribution in [3.63, 3.8) is 0 Å². The molecule has 2 atom stereocenters. The van der Waals surface area contributed by atoms with E-state index >= 15 is 0 Å². The van der Waals surface area contributed by atoms with Gasteiger partial charge in [0.25, 0.3) is 0 Å². The summed E-state index contributed by atoms with van der Waals surface area (Å²) in [5.74, 6) is 1.81. The average Bonchev–Trinajstić information content (AvgIpc) is 2.76. The molecule has 4 nitrogen and oxygen atoms in total. The van der Waals surface area contributed by atoms with E-state index in [4.69, 9.17) is 9.15 Å². The quantitative estimate of drug-likeness (QED) is 0.809. The van der Waals surface area contributed by atoms with Gasteiger partial charge in [0.15, 0.2) is 0 Å². The third-order valence-electron chi connectivity index (χ3n) is 3.19. The molecule has 0 bridgehead atoms. The highest BCUT2D eigenvalue weighted by molar-refractivity contribution is 5.05. The highest BCUT2D eigenvalue weighted by atomic mass is 16.5. The van der Waals surface area contributed by atoms with Crippen molar-refractivity contribution < 1.29 is 14.3 Å². The Morgan fingerprint density at radius 3 is 2.94 bits per heavy atom. The Morgan fingerprint density at radius 2 is 2.38 bits per heavy atom. The number of hydrogen-bond acceptors (Lipinski definition) is 4. The van der Waals surface area contributed by atoms with Gasteiger partial charge >= 0.3 is 0 Å². The summed E-state index contributed by atoms with van der Waals surface area (Å²) < 4.78 is 10.8. The SMILES string of the molecule is Cc1ccc(CNCC2(O)CCOC2C)o1. The van der Waals surface area contributed by atoms with Crippen LogP contribution in [0.5, 0.6) is 0 Å². The zero-order chi connectivity index (χ0) is 11.6. The number of ether oxygens (including phenoxy) is 1. The highest BCUT2D eigenvalue weighted by Gasteiger charge is 2.38. The van der Waals surface area contributed by atoms with E-state index in [1.54, 1.807) is 0 Å². The van der Waals surface area contributed by atoms with E-state index in [2.05, 4.69) is 5.32 Å². The van der Waals surface area contributed by atoms with Crippen molar-refractivity contribution in [3.8, 4) is 0 Å². The van der Waals surface area contributed by atoms with Gasteiger partial charge < -0.3 is 19.6 Å². The number of furan rings is 1. The molecule has 0 aliphatic carbocycles. The number of aryl methyl sites for hydroxylation is 1. The van der Waals surface area contributed by atoms with Crippen molar-refractivity contribution >= 4 is 0 Å². The standard InChI is InChI=1S/C12H19NO3/c1-9-3-4-11(16-9)7-13-8-12(14)5-6-15-10(12)2/h3-4,10,13-14H,5-8H2,1-2H3. The van der Waals surface area contributed by atoms with Crippen molar-refractivity contribution in [1.29, 1.82) is 0 Å². The second-order valence-electron chi connectivity index (χ2n) is 4.48. The maximum absolute atomic E-state index is 10.2. The summed E-state index contributed by atoms with van der Waals surface area (Å²) in [7, 11) is 0. The smallest absolute Gasteiger partial charge is 0.117 e. The predicted molar refractivity (Wildman–Crippen MR) is 60.1 cm³/mol. The lowest BCUT2D eigenvalue weighted by atomic mass is 9.97. The molecular formula is C12H19NO3. The summed E-state index contributed by atoms with van der Waals surface area (Å²) in [6.07, 6.45) is 0.594. The van der Waals surface area contributed by atoms with Crippen LogP contribution in [0.1, 0.15) is 24.9 Å². The van der Waals surface area contributed by atoms with Crippen LogP contribution in [0.2, 0.25) is 0 Å². The monoisotopic (exact) mass is 225 g/mol. The third-order valence-corrected chi connectivity index (χ3v) is 3.19. The van der Waals surface area contributed by atoms with Gasteiger partial charge in [-0.25, -0.2) is 0 Å². The van der Waals surface area contributed by atoms with Crippen molar-refractivity contribution in [1.82, 2.24) is 5.32 Å². The highest BCUT2D eigenvalue weighted by Crippen LogP contribution is 2.24. The Labute approximate surface area is 95.6 Å². The normalized spacial score (nSPS) is 29.8. The molecule has 1 fully saturated rings. The fourth-order valence-electron chi connectivity index (χ4n) is 1.99. The molecule has 2 rings (SSSR count). The minimum absolute atomic E-state index is 0.0988. The Hall–Kier alpha value is -0.840. The van der Waals surface area contributed by atoms with Crippen molar-refractivity contribution in [2.75, 3.05) is 13.2 Å². The van der Waals surface area contributed by atoms with Gasteiger partial charge in [0.1, 0.15) is 17.1 Å². The summed E-state index contributed by atoms with van der Waals surface area (Å²) in [6.45, 7) is 5.64. The molecule has 2 N–H and O–H groups in total. The Bertz CT molecular complexity index is 350. The molecule has 1 aromatic heterocycles. The number of rotatable bonds is 4. The number of hydrogen-bond donors (Lipinski definition) is 2. The van der Waals surface area contributed by atoms with Gasteiger partial charge in [0, 0.05) is 19.6 Å². The van der Waals surface area contributed by atoms with Crippen molar-refractivity contribution in [2.45, 2.75) is 38.5 Å². The number of aliphatic hydroxyl groups is 1. The van der Waals surface area contributed by atoms with Gasteiger partial charge in [0.2, 0.25) is 0 Å². The van der Waals surface area contributed by atoms with E-state index in [9.17, 15) is 5.11 Å². The van der Waals surface area contributed by atoms with Gasteiger partial charge in [-0.2, -0.15) is 0 Å². The van der Waals surface area contributed by atoms with Crippen molar-refractivity contribution in [3.05, 3.63) is 23.7 Å². The molecule has 90 valence electrons.